The molecule has 2 aromatic rings. The van der Waals surface area contributed by atoms with E-state index >= 15 is 0 Å². The molecule has 30 heavy (non-hydrogen) atoms. The number of hydrogen-bond donors (Lipinski definition) is 0. The van der Waals surface area contributed by atoms with Gasteiger partial charge in [-0.1, -0.05) is 38.1 Å². The van der Waals surface area contributed by atoms with E-state index in [1.165, 1.54) is 11.1 Å². The van der Waals surface area contributed by atoms with Gasteiger partial charge in [-0.05, 0) is 48.2 Å². The molecule has 0 saturated carbocycles. The van der Waals surface area contributed by atoms with Crippen LogP contribution in [-0.4, -0.2) is 61.0 Å². The Morgan fingerprint density at radius 1 is 0.667 bits per heavy atom. The molecule has 0 aromatic heterocycles. The van der Waals surface area contributed by atoms with E-state index in [2.05, 4.69) is 13.8 Å². The third-order valence-electron chi connectivity index (χ3n) is 5.37. The van der Waals surface area contributed by atoms with E-state index in [1.807, 2.05) is 48.5 Å². The Balaban J connectivity index is 1.38. The highest BCUT2D eigenvalue weighted by atomic mass is 16.5. The number of ether oxygens (including phenoxy) is 2. The Morgan fingerprint density at radius 3 is 1.30 bits per heavy atom. The number of piperazine rings is 1. The summed E-state index contributed by atoms with van der Waals surface area (Å²) in [7, 11) is 0. The minimum atomic E-state index is -0.0612. The van der Waals surface area contributed by atoms with Gasteiger partial charge in [0, 0.05) is 26.2 Å². The van der Waals surface area contributed by atoms with Crippen molar-refractivity contribution < 1.29 is 19.1 Å². The van der Waals surface area contributed by atoms with Crippen LogP contribution in [0.3, 0.4) is 0 Å². The zero-order chi connectivity index (χ0) is 21.3. The summed E-state index contributed by atoms with van der Waals surface area (Å²) in [5.74, 6) is 1.26. The molecule has 0 bridgehead atoms. The summed E-state index contributed by atoms with van der Waals surface area (Å²) < 4.78 is 11.2. The van der Waals surface area contributed by atoms with Gasteiger partial charge < -0.3 is 19.3 Å². The molecule has 1 fully saturated rings. The summed E-state index contributed by atoms with van der Waals surface area (Å²) in [4.78, 5) is 28.3. The van der Waals surface area contributed by atoms with Crippen molar-refractivity contribution in [2.24, 2.45) is 0 Å². The van der Waals surface area contributed by atoms with E-state index in [4.69, 9.17) is 9.47 Å². The van der Waals surface area contributed by atoms with E-state index in [0.29, 0.717) is 37.7 Å². The van der Waals surface area contributed by atoms with Gasteiger partial charge in [-0.25, -0.2) is 0 Å². The lowest BCUT2D eigenvalue weighted by molar-refractivity contribution is -0.141. The SMILES string of the molecule is CCc1ccc(OCC(=O)N2CCN(C(=O)COc3ccc(CC)cc3)CC2)cc1. The second kappa shape index (κ2) is 10.7. The molecule has 1 heterocycles. The molecular formula is C24H30N2O4. The summed E-state index contributed by atoms with van der Waals surface area (Å²) in [5.41, 5.74) is 2.47. The van der Waals surface area contributed by atoms with Crippen LogP contribution < -0.4 is 9.47 Å². The molecule has 1 aliphatic rings. The van der Waals surface area contributed by atoms with Crippen LogP contribution in [0.2, 0.25) is 0 Å². The Labute approximate surface area is 178 Å². The van der Waals surface area contributed by atoms with E-state index in [9.17, 15) is 9.59 Å². The molecule has 1 aliphatic heterocycles. The highest BCUT2D eigenvalue weighted by molar-refractivity contribution is 5.80. The first-order valence-corrected chi connectivity index (χ1v) is 10.6. The summed E-state index contributed by atoms with van der Waals surface area (Å²) >= 11 is 0. The van der Waals surface area contributed by atoms with Crippen molar-refractivity contribution in [3.05, 3.63) is 59.7 Å². The van der Waals surface area contributed by atoms with Crippen LogP contribution in [0.25, 0.3) is 0 Å². The normalized spacial score (nSPS) is 13.8. The zero-order valence-corrected chi connectivity index (χ0v) is 17.8. The maximum absolute atomic E-state index is 12.4. The number of amides is 2. The molecule has 6 heteroatoms. The van der Waals surface area contributed by atoms with Crippen molar-refractivity contribution >= 4 is 11.8 Å². The van der Waals surface area contributed by atoms with E-state index in [-0.39, 0.29) is 25.0 Å². The van der Waals surface area contributed by atoms with Crippen molar-refractivity contribution in [1.29, 1.82) is 0 Å². The van der Waals surface area contributed by atoms with Gasteiger partial charge in [0.25, 0.3) is 11.8 Å². The van der Waals surface area contributed by atoms with Crippen LogP contribution in [0.15, 0.2) is 48.5 Å². The largest absolute Gasteiger partial charge is 0.484 e. The van der Waals surface area contributed by atoms with Crippen LogP contribution in [0.1, 0.15) is 25.0 Å². The number of nitrogens with zero attached hydrogens (tertiary/aromatic N) is 2. The zero-order valence-electron chi connectivity index (χ0n) is 17.8. The first-order valence-electron chi connectivity index (χ1n) is 10.6. The van der Waals surface area contributed by atoms with Crippen LogP contribution in [-0.2, 0) is 22.4 Å². The Morgan fingerprint density at radius 2 is 1.00 bits per heavy atom. The molecule has 2 aromatic carbocycles. The quantitative estimate of drug-likeness (QED) is 0.671. The summed E-state index contributed by atoms with van der Waals surface area (Å²) in [6, 6.07) is 15.6. The maximum Gasteiger partial charge on any atom is 0.260 e. The van der Waals surface area contributed by atoms with Gasteiger partial charge in [0.1, 0.15) is 11.5 Å². The van der Waals surface area contributed by atoms with Gasteiger partial charge in [-0.15, -0.1) is 0 Å². The molecule has 3 rings (SSSR count). The average Bonchev–Trinajstić information content (AvgIpc) is 2.81. The molecule has 0 spiro atoms. The third-order valence-corrected chi connectivity index (χ3v) is 5.37. The third kappa shape index (κ3) is 5.99. The summed E-state index contributed by atoms with van der Waals surface area (Å²) in [6.07, 6.45) is 1.94. The van der Waals surface area contributed by atoms with Gasteiger partial charge in [0.15, 0.2) is 13.2 Å². The van der Waals surface area contributed by atoms with Crippen molar-refractivity contribution in [3.8, 4) is 11.5 Å². The topological polar surface area (TPSA) is 59.1 Å². The molecule has 6 nitrogen and oxygen atoms in total. The fraction of sp³-hybridized carbons (Fsp3) is 0.417. The van der Waals surface area contributed by atoms with Gasteiger partial charge in [0.05, 0.1) is 0 Å². The lowest BCUT2D eigenvalue weighted by atomic mass is 10.2. The molecule has 2 amide bonds. The van der Waals surface area contributed by atoms with Crippen LogP contribution in [0.4, 0.5) is 0 Å². The van der Waals surface area contributed by atoms with E-state index < -0.39 is 0 Å². The first-order chi connectivity index (χ1) is 14.6. The lowest BCUT2D eigenvalue weighted by Crippen LogP contribution is -2.52. The Bertz CT molecular complexity index is 754. The number of carbonyl (C=O) groups excluding carboxylic acids is 2. The number of aryl methyl sites for hydroxylation is 2. The fourth-order valence-corrected chi connectivity index (χ4v) is 3.32. The predicted molar refractivity (Wildman–Crippen MR) is 116 cm³/mol. The molecule has 0 aliphatic carbocycles. The van der Waals surface area contributed by atoms with Gasteiger partial charge >= 0.3 is 0 Å². The number of benzene rings is 2. The van der Waals surface area contributed by atoms with Crippen molar-refractivity contribution in [2.75, 3.05) is 39.4 Å². The summed E-state index contributed by atoms with van der Waals surface area (Å²) in [5, 5.41) is 0. The smallest absolute Gasteiger partial charge is 0.260 e. The molecule has 0 unspecified atom stereocenters. The highest BCUT2D eigenvalue weighted by Gasteiger charge is 2.24. The first kappa shape index (κ1) is 21.7. The molecule has 0 atom stereocenters. The molecule has 0 radical (unpaired) electrons. The standard InChI is InChI=1S/C24H30N2O4/c1-3-19-5-9-21(10-6-19)29-17-23(27)25-13-15-26(16-14-25)24(28)18-30-22-11-7-20(4-2)8-12-22/h5-12H,3-4,13-18H2,1-2H3. The monoisotopic (exact) mass is 410 g/mol. The van der Waals surface area contributed by atoms with Crippen molar-refractivity contribution in [3.63, 3.8) is 0 Å². The Kier molecular flexibility index (Phi) is 7.71. The van der Waals surface area contributed by atoms with Crippen LogP contribution in [0, 0.1) is 0 Å². The number of hydrogen-bond acceptors (Lipinski definition) is 4. The van der Waals surface area contributed by atoms with Crippen LogP contribution >= 0.6 is 0 Å². The van der Waals surface area contributed by atoms with Gasteiger partial charge in [-0.3, -0.25) is 9.59 Å². The molecular weight excluding hydrogens is 380 g/mol. The Hall–Kier alpha value is -3.02. The van der Waals surface area contributed by atoms with Crippen molar-refractivity contribution in [2.45, 2.75) is 26.7 Å². The van der Waals surface area contributed by atoms with E-state index in [1.54, 1.807) is 9.80 Å². The minimum absolute atomic E-state index is 0.0102. The molecule has 0 N–H and O–H groups in total. The lowest BCUT2D eigenvalue weighted by Gasteiger charge is -2.34. The van der Waals surface area contributed by atoms with Crippen molar-refractivity contribution in [1.82, 2.24) is 9.80 Å². The van der Waals surface area contributed by atoms with E-state index in [0.717, 1.165) is 12.8 Å². The second-order valence-corrected chi connectivity index (χ2v) is 7.33. The number of carbonyl (C=O) groups is 2. The van der Waals surface area contributed by atoms with Gasteiger partial charge in [-0.2, -0.15) is 0 Å². The number of rotatable bonds is 8. The maximum atomic E-state index is 12.4. The van der Waals surface area contributed by atoms with Crippen LogP contribution in [0.5, 0.6) is 11.5 Å². The average molecular weight is 411 g/mol. The van der Waals surface area contributed by atoms with Gasteiger partial charge in [0.2, 0.25) is 0 Å². The molecule has 1 saturated heterocycles. The second-order valence-electron chi connectivity index (χ2n) is 7.33. The predicted octanol–water partition coefficient (Wildman–Crippen LogP) is 2.94. The highest BCUT2D eigenvalue weighted by Crippen LogP contribution is 2.14. The fourth-order valence-electron chi connectivity index (χ4n) is 3.32. The molecule has 160 valence electrons. The summed E-state index contributed by atoms with van der Waals surface area (Å²) in [6.45, 7) is 6.25. The minimum Gasteiger partial charge on any atom is -0.484 e.